The van der Waals surface area contributed by atoms with E-state index in [9.17, 15) is 14.6 Å². The monoisotopic (exact) mass is 357 g/mol. The molecule has 8 heteroatoms. The van der Waals surface area contributed by atoms with Gasteiger partial charge in [0.15, 0.2) is 17.3 Å². The van der Waals surface area contributed by atoms with E-state index in [0.717, 1.165) is 11.1 Å². The summed E-state index contributed by atoms with van der Waals surface area (Å²) in [6.07, 6.45) is 0. The first-order chi connectivity index (χ1) is 12.5. The molecule has 0 spiro atoms. The number of nitrogens with zero attached hydrogens (tertiary/aromatic N) is 3. The largest absolute Gasteiger partial charge is 0.504 e. The second-order valence-corrected chi connectivity index (χ2v) is 5.58. The van der Waals surface area contributed by atoms with Crippen LogP contribution in [-0.2, 0) is 11.4 Å². The molecule has 0 aliphatic heterocycles. The highest BCUT2D eigenvalue weighted by Crippen LogP contribution is 2.30. The number of oxime groups is 1. The van der Waals surface area contributed by atoms with E-state index in [2.05, 4.69) is 15.3 Å². The summed E-state index contributed by atoms with van der Waals surface area (Å²) in [6.45, 7) is 3.39. The van der Waals surface area contributed by atoms with Crippen molar-refractivity contribution in [3.8, 4) is 22.9 Å². The molecule has 26 heavy (non-hydrogen) atoms. The van der Waals surface area contributed by atoms with Crippen molar-refractivity contribution in [3.63, 3.8) is 0 Å². The topological polar surface area (TPSA) is 101 Å². The second-order valence-electron chi connectivity index (χ2n) is 5.58. The molecule has 0 saturated heterocycles. The van der Waals surface area contributed by atoms with E-state index in [1.54, 1.807) is 6.92 Å². The molecule has 7 nitrogen and oxygen atoms in total. The summed E-state index contributed by atoms with van der Waals surface area (Å²) in [5, 5.41) is 26.4. The minimum atomic E-state index is -0.954. The number of hydrogen-bond acceptors (Lipinski definition) is 7. The van der Waals surface area contributed by atoms with Gasteiger partial charge in [0.2, 0.25) is 11.7 Å². The quantitative estimate of drug-likeness (QED) is 0.411. The Balaban J connectivity index is 1.71. The van der Waals surface area contributed by atoms with Crippen LogP contribution in [0, 0.1) is 12.7 Å². The first-order valence-corrected chi connectivity index (χ1v) is 7.72. The third-order valence-electron chi connectivity index (χ3n) is 3.63. The summed E-state index contributed by atoms with van der Waals surface area (Å²) in [6, 6.07) is 9.84. The van der Waals surface area contributed by atoms with Gasteiger partial charge in [-0.2, -0.15) is 4.98 Å². The first kappa shape index (κ1) is 17.4. The summed E-state index contributed by atoms with van der Waals surface area (Å²) in [5.74, 6) is -1.36. The fraction of sp³-hybridized carbons (Fsp3) is 0.167. The fourth-order valence-corrected chi connectivity index (χ4v) is 2.30. The highest BCUT2D eigenvalue weighted by molar-refractivity contribution is 5.99. The molecule has 0 unspecified atom stereocenters. The van der Waals surface area contributed by atoms with Gasteiger partial charge in [-0.1, -0.05) is 28.5 Å². The molecule has 0 bridgehead atoms. The van der Waals surface area contributed by atoms with Gasteiger partial charge in [0.25, 0.3) is 0 Å². The fourth-order valence-electron chi connectivity index (χ4n) is 2.30. The van der Waals surface area contributed by atoms with Crippen LogP contribution in [0.3, 0.4) is 0 Å². The molecule has 1 aromatic heterocycles. The average molecular weight is 357 g/mol. The highest BCUT2D eigenvalue weighted by atomic mass is 19.1. The number of aromatic hydroxyl groups is 2. The molecule has 0 atom stereocenters. The lowest BCUT2D eigenvalue weighted by Crippen LogP contribution is -2.01. The normalized spacial score (nSPS) is 11.6. The van der Waals surface area contributed by atoms with Crippen LogP contribution in [0.25, 0.3) is 11.4 Å². The van der Waals surface area contributed by atoms with Crippen LogP contribution in [0.15, 0.2) is 46.1 Å². The standard InChI is InChI=1S/C18H16FN3O4/c1-10(14-6-7-15(23)17(24)16(14)19)21-25-9-12-4-3-5-13(8-12)18-20-11(2)26-22-18/h3-8,23-24H,9H2,1-2H3/b21-10+. The van der Waals surface area contributed by atoms with Gasteiger partial charge in [0, 0.05) is 18.1 Å². The third-order valence-corrected chi connectivity index (χ3v) is 3.63. The van der Waals surface area contributed by atoms with Crippen LogP contribution >= 0.6 is 0 Å². The smallest absolute Gasteiger partial charge is 0.223 e. The maximum atomic E-state index is 13.9. The predicted molar refractivity (Wildman–Crippen MR) is 91.2 cm³/mol. The van der Waals surface area contributed by atoms with Gasteiger partial charge in [-0.3, -0.25) is 0 Å². The lowest BCUT2D eigenvalue weighted by molar-refractivity contribution is 0.130. The van der Waals surface area contributed by atoms with Crippen molar-refractivity contribution in [2.45, 2.75) is 20.5 Å². The zero-order valence-corrected chi connectivity index (χ0v) is 14.1. The van der Waals surface area contributed by atoms with Crippen molar-refractivity contribution in [2.24, 2.45) is 5.16 Å². The zero-order valence-electron chi connectivity index (χ0n) is 14.1. The number of phenols is 2. The molecule has 0 aliphatic rings. The minimum absolute atomic E-state index is 0.0383. The van der Waals surface area contributed by atoms with E-state index in [1.165, 1.54) is 19.1 Å². The molecular formula is C18H16FN3O4. The summed E-state index contributed by atoms with van der Waals surface area (Å²) < 4.78 is 18.9. The number of benzene rings is 2. The molecule has 2 N–H and O–H groups in total. The molecule has 0 fully saturated rings. The van der Waals surface area contributed by atoms with Crippen LogP contribution in [-0.4, -0.2) is 26.1 Å². The first-order valence-electron chi connectivity index (χ1n) is 7.72. The van der Waals surface area contributed by atoms with Crippen LogP contribution in [0.1, 0.15) is 23.9 Å². The Morgan fingerprint density at radius 2 is 2.08 bits per heavy atom. The Morgan fingerprint density at radius 1 is 1.27 bits per heavy atom. The third kappa shape index (κ3) is 3.64. The highest BCUT2D eigenvalue weighted by Gasteiger charge is 2.14. The maximum Gasteiger partial charge on any atom is 0.223 e. The number of rotatable bonds is 5. The van der Waals surface area contributed by atoms with Crippen LogP contribution in [0.2, 0.25) is 0 Å². The average Bonchev–Trinajstić information content (AvgIpc) is 3.06. The molecule has 2 aromatic carbocycles. The van der Waals surface area contributed by atoms with Gasteiger partial charge in [-0.25, -0.2) is 4.39 Å². The molecule has 1 heterocycles. The maximum absolute atomic E-state index is 13.9. The molecule has 0 aliphatic carbocycles. The van der Waals surface area contributed by atoms with Crippen molar-refractivity contribution >= 4 is 5.71 Å². The Kier molecular flexibility index (Phi) is 4.83. The second kappa shape index (κ2) is 7.22. The van der Waals surface area contributed by atoms with Crippen LogP contribution < -0.4 is 0 Å². The number of hydrogen-bond donors (Lipinski definition) is 2. The summed E-state index contributed by atoms with van der Waals surface area (Å²) in [7, 11) is 0. The van der Waals surface area contributed by atoms with Gasteiger partial charge in [0.1, 0.15) is 6.61 Å². The Morgan fingerprint density at radius 3 is 2.81 bits per heavy atom. The molecule has 134 valence electrons. The van der Waals surface area contributed by atoms with Gasteiger partial charge < -0.3 is 19.6 Å². The van der Waals surface area contributed by atoms with Crippen molar-refractivity contribution in [1.29, 1.82) is 0 Å². The molecule has 0 amide bonds. The van der Waals surface area contributed by atoms with E-state index in [4.69, 9.17) is 9.36 Å². The molecule has 3 aromatic rings. The van der Waals surface area contributed by atoms with E-state index in [0.29, 0.717) is 11.7 Å². The van der Waals surface area contributed by atoms with Crippen molar-refractivity contribution < 1.29 is 24.0 Å². The SMILES string of the molecule is C/C(=N\OCc1cccc(-c2noc(C)n2)c1)c1ccc(O)c(O)c1F. The predicted octanol–water partition coefficient (Wildman–Crippen LogP) is 3.54. The van der Waals surface area contributed by atoms with Gasteiger partial charge >= 0.3 is 0 Å². The van der Waals surface area contributed by atoms with Gasteiger partial charge in [-0.15, -0.1) is 0 Å². The summed E-state index contributed by atoms with van der Waals surface area (Å²) >= 11 is 0. The van der Waals surface area contributed by atoms with Crippen LogP contribution in [0.4, 0.5) is 4.39 Å². The number of phenolic OH excluding ortho intramolecular Hbond substituents is 2. The van der Waals surface area contributed by atoms with Gasteiger partial charge in [0.05, 0.1) is 5.71 Å². The lowest BCUT2D eigenvalue weighted by atomic mass is 10.1. The van der Waals surface area contributed by atoms with E-state index >= 15 is 0 Å². The van der Waals surface area contributed by atoms with E-state index < -0.39 is 17.3 Å². The van der Waals surface area contributed by atoms with Crippen molar-refractivity contribution in [2.75, 3.05) is 0 Å². The number of halogens is 1. The number of aromatic nitrogens is 2. The van der Waals surface area contributed by atoms with Crippen molar-refractivity contribution in [3.05, 3.63) is 59.2 Å². The summed E-state index contributed by atoms with van der Waals surface area (Å²) in [4.78, 5) is 9.43. The lowest BCUT2D eigenvalue weighted by Gasteiger charge is -2.06. The Bertz CT molecular complexity index is 969. The van der Waals surface area contributed by atoms with Crippen molar-refractivity contribution in [1.82, 2.24) is 10.1 Å². The molecule has 3 rings (SSSR count). The Labute approximate surface area is 148 Å². The summed E-state index contributed by atoms with van der Waals surface area (Å²) in [5.41, 5.74) is 1.85. The zero-order chi connectivity index (χ0) is 18.7. The van der Waals surface area contributed by atoms with Crippen LogP contribution in [0.5, 0.6) is 11.5 Å². The minimum Gasteiger partial charge on any atom is -0.504 e. The van der Waals surface area contributed by atoms with Gasteiger partial charge in [-0.05, 0) is 30.7 Å². The molecule has 0 saturated carbocycles. The molecular weight excluding hydrogens is 341 g/mol. The van der Waals surface area contributed by atoms with E-state index in [1.807, 2.05) is 24.3 Å². The van der Waals surface area contributed by atoms with E-state index in [-0.39, 0.29) is 17.9 Å². The number of aryl methyl sites for hydroxylation is 1. The molecule has 0 radical (unpaired) electrons. The Hall–Kier alpha value is -3.42.